The Kier molecular flexibility index (Phi) is 6.01. The highest BCUT2D eigenvalue weighted by Crippen LogP contribution is 2.14. The third-order valence-electron chi connectivity index (χ3n) is 4.04. The quantitative estimate of drug-likeness (QED) is 0.603. The van der Waals surface area contributed by atoms with Gasteiger partial charge in [-0.15, -0.1) is 0 Å². The first-order valence-electron chi connectivity index (χ1n) is 8.77. The van der Waals surface area contributed by atoms with E-state index < -0.39 is 11.7 Å². The molecule has 6 heteroatoms. The molecule has 0 saturated carbocycles. The minimum absolute atomic E-state index is 0.348. The molecule has 0 aliphatic heterocycles. The van der Waals surface area contributed by atoms with Crippen LogP contribution in [0.2, 0.25) is 0 Å². The number of benzene rings is 3. The molecule has 0 aliphatic carbocycles. The van der Waals surface area contributed by atoms with Crippen LogP contribution in [0.15, 0.2) is 72.8 Å². The molecule has 3 amide bonds. The SMILES string of the molecule is Cc1ccc(CNC(=O)Nc2cccc(C(=O)Nc3cccc(F)c3)c2)cc1. The van der Waals surface area contributed by atoms with Crippen LogP contribution in [-0.4, -0.2) is 11.9 Å². The molecule has 3 N–H and O–H groups in total. The molecule has 3 aromatic carbocycles. The average Bonchev–Trinajstić information content (AvgIpc) is 2.68. The molecule has 0 aromatic heterocycles. The largest absolute Gasteiger partial charge is 0.334 e. The summed E-state index contributed by atoms with van der Waals surface area (Å²) < 4.78 is 13.2. The first-order valence-corrected chi connectivity index (χ1v) is 8.77. The summed E-state index contributed by atoms with van der Waals surface area (Å²) in [4.78, 5) is 24.4. The lowest BCUT2D eigenvalue weighted by molar-refractivity contribution is 0.102. The Bertz CT molecular complexity index is 987. The van der Waals surface area contributed by atoms with E-state index in [1.165, 1.54) is 18.2 Å². The van der Waals surface area contributed by atoms with Crippen molar-refractivity contribution in [2.24, 2.45) is 0 Å². The van der Waals surface area contributed by atoms with E-state index in [1.54, 1.807) is 30.3 Å². The van der Waals surface area contributed by atoms with Crippen LogP contribution in [0.1, 0.15) is 21.5 Å². The topological polar surface area (TPSA) is 70.2 Å². The minimum Gasteiger partial charge on any atom is -0.334 e. The Labute approximate surface area is 162 Å². The maximum absolute atomic E-state index is 13.2. The van der Waals surface area contributed by atoms with Gasteiger partial charge in [0, 0.05) is 23.5 Å². The summed E-state index contributed by atoms with van der Waals surface area (Å²) in [7, 11) is 0. The van der Waals surface area contributed by atoms with Gasteiger partial charge in [0.2, 0.25) is 0 Å². The molecule has 0 heterocycles. The van der Waals surface area contributed by atoms with E-state index in [0.717, 1.165) is 11.1 Å². The predicted molar refractivity (Wildman–Crippen MR) is 108 cm³/mol. The third kappa shape index (κ3) is 5.41. The van der Waals surface area contributed by atoms with Gasteiger partial charge in [-0.1, -0.05) is 42.0 Å². The summed E-state index contributed by atoms with van der Waals surface area (Å²) in [6, 6.07) is 19.7. The molecule has 3 rings (SSSR count). The van der Waals surface area contributed by atoms with E-state index in [0.29, 0.717) is 23.5 Å². The number of anilines is 2. The van der Waals surface area contributed by atoms with Crippen molar-refractivity contribution in [3.63, 3.8) is 0 Å². The molecule has 3 aromatic rings. The standard InChI is InChI=1S/C22H20FN3O2/c1-15-8-10-16(11-9-15)14-24-22(28)26-19-6-2-4-17(12-19)21(27)25-20-7-3-5-18(23)13-20/h2-13H,14H2,1H3,(H,25,27)(H2,24,26,28). The lowest BCUT2D eigenvalue weighted by atomic mass is 10.1. The lowest BCUT2D eigenvalue weighted by Gasteiger charge is -2.10. The van der Waals surface area contributed by atoms with Crippen molar-refractivity contribution in [2.45, 2.75) is 13.5 Å². The molecular weight excluding hydrogens is 357 g/mol. The second kappa shape index (κ2) is 8.81. The fraction of sp³-hybridized carbons (Fsp3) is 0.0909. The van der Waals surface area contributed by atoms with Crippen molar-refractivity contribution in [1.82, 2.24) is 5.32 Å². The van der Waals surface area contributed by atoms with E-state index in [-0.39, 0.29) is 6.03 Å². The highest BCUT2D eigenvalue weighted by atomic mass is 19.1. The van der Waals surface area contributed by atoms with Crippen molar-refractivity contribution >= 4 is 23.3 Å². The zero-order chi connectivity index (χ0) is 19.9. The molecule has 0 fully saturated rings. The van der Waals surface area contributed by atoms with E-state index >= 15 is 0 Å². The zero-order valence-corrected chi connectivity index (χ0v) is 15.3. The maximum Gasteiger partial charge on any atom is 0.319 e. The number of carbonyl (C=O) groups excluding carboxylic acids is 2. The van der Waals surface area contributed by atoms with Crippen molar-refractivity contribution < 1.29 is 14.0 Å². The number of amides is 3. The van der Waals surface area contributed by atoms with E-state index in [9.17, 15) is 14.0 Å². The van der Waals surface area contributed by atoms with Gasteiger partial charge in [0.15, 0.2) is 0 Å². The first kappa shape index (κ1) is 19.1. The normalized spacial score (nSPS) is 10.2. The first-order chi connectivity index (χ1) is 13.5. The molecule has 0 saturated heterocycles. The third-order valence-corrected chi connectivity index (χ3v) is 4.04. The number of carbonyl (C=O) groups is 2. The fourth-order valence-electron chi connectivity index (χ4n) is 2.57. The second-order valence-electron chi connectivity index (χ2n) is 6.34. The molecule has 0 aliphatic rings. The van der Waals surface area contributed by atoms with Gasteiger partial charge in [-0.25, -0.2) is 9.18 Å². The summed E-state index contributed by atoms with van der Waals surface area (Å²) in [6.07, 6.45) is 0. The van der Waals surface area contributed by atoms with Gasteiger partial charge < -0.3 is 16.0 Å². The molecule has 142 valence electrons. The smallest absolute Gasteiger partial charge is 0.319 e. The van der Waals surface area contributed by atoms with E-state index in [1.807, 2.05) is 31.2 Å². The fourth-order valence-corrected chi connectivity index (χ4v) is 2.57. The van der Waals surface area contributed by atoms with Crippen molar-refractivity contribution in [1.29, 1.82) is 0 Å². The van der Waals surface area contributed by atoms with Crippen LogP contribution in [-0.2, 0) is 6.54 Å². The zero-order valence-electron chi connectivity index (χ0n) is 15.3. The van der Waals surface area contributed by atoms with Crippen LogP contribution in [0.4, 0.5) is 20.6 Å². The summed E-state index contributed by atoms with van der Waals surface area (Å²) in [5.41, 5.74) is 3.33. The van der Waals surface area contributed by atoms with Gasteiger partial charge in [0.05, 0.1) is 0 Å². The molecule has 0 unspecified atom stereocenters. The monoisotopic (exact) mass is 377 g/mol. The Balaban J connectivity index is 1.58. The van der Waals surface area contributed by atoms with Crippen molar-refractivity contribution in [3.05, 3.63) is 95.3 Å². The number of rotatable bonds is 5. The van der Waals surface area contributed by atoms with Crippen LogP contribution in [0, 0.1) is 12.7 Å². The summed E-state index contributed by atoms with van der Waals surface area (Å²) in [5, 5.41) is 8.09. The van der Waals surface area contributed by atoms with Gasteiger partial charge >= 0.3 is 6.03 Å². The summed E-state index contributed by atoms with van der Waals surface area (Å²) >= 11 is 0. The number of hydrogen-bond acceptors (Lipinski definition) is 2. The molecule has 5 nitrogen and oxygen atoms in total. The number of halogens is 1. The van der Waals surface area contributed by atoms with E-state index in [4.69, 9.17) is 0 Å². The molecule has 0 spiro atoms. The maximum atomic E-state index is 13.2. The Morgan fingerprint density at radius 2 is 1.54 bits per heavy atom. The van der Waals surface area contributed by atoms with Crippen LogP contribution in [0.5, 0.6) is 0 Å². The highest BCUT2D eigenvalue weighted by molar-refractivity contribution is 6.05. The second-order valence-corrected chi connectivity index (χ2v) is 6.34. The highest BCUT2D eigenvalue weighted by Gasteiger charge is 2.09. The lowest BCUT2D eigenvalue weighted by Crippen LogP contribution is -2.28. The predicted octanol–water partition coefficient (Wildman–Crippen LogP) is 4.71. The van der Waals surface area contributed by atoms with Crippen LogP contribution in [0.25, 0.3) is 0 Å². The Morgan fingerprint density at radius 1 is 0.857 bits per heavy atom. The number of aryl methyl sites for hydroxylation is 1. The van der Waals surface area contributed by atoms with Crippen LogP contribution in [0.3, 0.4) is 0 Å². The average molecular weight is 377 g/mol. The van der Waals surface area contributed by atoms with Gasteiger partial charge in [-0.3, -0.25) is 4.79 Å². The Morgan fingerprint density at radius 3 is 2.25 bits per heavy atom. The van der Waals surface area contributed by atoms with Crippen LogP contribution >= 0.6 is 0 Å². The van der Waals surface area contributed by atoms with Gasteiger partial charge in [0.25, 0.3) is 5.91 Å². The number of urea groups is 1. The molecular formula is C22H20FN3O2. The van der Waals surface area contributed by atoms with Gasteiger partial charge in [-0.2, -0.15) is 0 Å². The van der Waals surface area contributed by atoms with Crippen molar-refractivity contribution in [3.8, 4) is 0 Å². The molecule has 28 heavy (non-hydrogen) atoms. The number of nitrogens with one attached hydrogen (secondary N) is 3. The molecule has 0 atom stereocenters. The Hall–Kier alpha value is -3.67. The summed E-state index contributed by atoms with van der Waals surface area (Å²) in [5.74, 6) is -0.826. The van der Waals surface area contributed by atoms with Crippen LogP contribution < -0.4 is 16.0 Å². The minimum atomic E-state index is -0.432. The molecule has 0 bridgehead atoms. The van der Waals surface area contributed by atoms with Crippen molar-refractivity contribution in [2.75, 3.05) is 10.6 Å². The van der Waals surface area contributed by atoms with E-state index in [2.05, 4.69) is 16.0 Å². The summed E-state index contributed by atoms with van der Waals surface area (Å²) in [6.45, 7) is 2.40. The van der Waals surface area contributed by atoms with Gasteiger partial charge in [0.1, 0.15) is 5.82 Å². The molecule has 0 radical (unpaired) electrons. The number of hydrogen-bond donors (Lipinski definition) is 3. The van der Waals surface area contributed by atoms with Gasteiger partial charge in [-0.05, 0) is 48.9 Å².